The first-order chi connectivity index (χ1) is 16.1. The van der Waals surface area contributed by atoms with Crippen LogP contribution in [0.3, 0.4) is 0 Å². The van der Waals surface area contributed by atoms with Gasteiger partial charge in [-0.25, -0.2) is 0 Å². The van der Waals surface area contributed by atoms with E-state index in [9.17, 15) is 22.8 Å². The molecule has 2 aromatic rings. The molecule has 0 aromatic heterocycles. The molecule has 2 N–H and O–H groups in total. The second kappa shape index (κ2) is 11.2. The number of anilines is 2. The van der Waals surface area contributed by atoms with Crippen LogP contribution in [0.25, 0.3) is 0 Å². The molecule has 2 aromatic carbocycles. The number of carbonyl (C=O) groups excluding carboxylic acids is 2. The normalized spacial score (nSPS) is 16.2. The van der Waals surface area contributed by atoms with E-state index in [4.69, 9.17) is 11.6 Å². The highest BCUT2D eigenvalue weighted by Crippen LogP contribution is 2.36. The van der Waals surface area contributed by atoms with E-state index in [1.54, 1.807) is 0 Å². The van der Waals surface area contributed by atoms with Crippen molar-refractivity contribution in [3.05, 3.63) is 58.6 Å². The number of amides is 2. The number of nitrogens with one attached hydrogen (secondary N) is 2. The molecular weight excluding hydrogens is 469 g/mol. The van der Waals surface area contributed by atoms with E-state index in [1.165, 1.54) is 11.6 Å². The van der Waals surface area contributed by atoms with Gasteiger partial charge in [-0.15, -0.1) is 0 Å². The molecule has 1 saturated heterocycles. The number of piperazine rings is 1. The van der Waals surface area contributed by atoms with Gasteiger partial charge in [0.15, 0.2) is 0 Å². The number of rotatable bonds is 7. The van der Waals surface area contributed by atoms with E-state index in [2.05, 4.69) is 17.6 Å². The van der Waals surface area contributed by atoms with E-state index in [-0.39, 0.29) is 24.2 Å². The quantitative estimate of drug-likeness (QED) is 0.592. The number of nitrogens with zero attached hydrogens (tertiary/aromatic N) is 2. The highest BCUT2D eigenvalue weighted by molar-refractivity contribution is 6.31. The van der Waals surface area contributed by atoms with Gasteiger partial charge in [0.2, 0.25) is 11.8 Å². The second-order valence-corrected chi connectivity index (χ2v) is 8.68. The van der Waals surface area contributed by atoms with Gasteiger partial charge in [0.05, 0.1) is 23.2 Å². The largest absolute Gasteiger partial charge is 0.417 e. The predicted molar refractivity (Wildman–Crippen MR) is 127 cm³/mol. The molecule has 1 atom stereocenters. The van der Waals surface area contributed by atoms with Crippen LogP contribution in [0.1, 0.15) is 25.0 Å². The number of benzene rings is 2. The van der Waals surface area contributed by atoms with Crippen molar-refractivity contribution >= 4 is 34.8 Å². The molecule has 1 unspecified atom stereocenters. The van der Waals surface area contributed by atoms with Crippen LogP contribution >= 0.6 is 11.6 Å². The molecular formula is C24H28ClF3N4O2. The lowest BCUT2D eigenvalue weighted by molar-refractivity contribution is -0.137. The van der Waals surface area contributed by atoms with E-state index >= 15 is 0 Å². The fourth-order valence-corrected chi connectivity index (χ4v) is 3.99. The summed E-state index contributed by atoms with van der Waals surface area (Å²) in [7, 11) is 0. The molecule has 0 radical (unpaired) electrons. The Morgan fingerprint density at radius 3 is 2.21 bits per heavy atom. The Morgan fingerprint density at radius 1 is 1.00 bits per heavy atom. The smallest absolute Gasteiger partial charge is 0.325 e. The van der Waals surface area contributed by atoms with Gasteiger partial charge < -0.3 is 10.6 Å². The Labute approximate surface area is 202 Å². The lowest BCUT2D eigenvalue weighted by Crippen LogP contribution is -2.53. The summed E-state index contributed by atoms with van der Waals surface area (Å²) in [5.41, 5.74) is 0.995. The first-order valence-corrected chi connectivity index (χ1v) is 11.5. The molecule has 0 bridgehead atoms. The molecule has 1 aliphatic heterocycles. The molecule has 0 saturated carbocycles. The molecule has 1 fully saturated rings. The number of alkyl halides is 3. The molecule has 0 aliphatic carbocycles. The van der Waals surface area contributed by atoms with Crippen molar-refractivity contribution in [3.8, 4) is 0 Å². The zero-order valence-electron chi connectivity index (χ0n) is 19.1. The van der Waals surface area contributed by atoms with Gasteiger partial charge in [0, 0.05) is 37.6 Å². The Hall–Kier alpha value is -2.62. The summed E-state index contributed by atoms with van der Waals surface area (Å²) >= 11 is 5.62. The van der Waals surface area contributed by atoms with Crippen LogP contribution in [0.5, 0.6) is 0 Å². The number of hydrogen-bond acceptors (Lipinski definition) is 4. The van der Waals surface area contributed by atoms with Gasteiger partial charge in [0.25, 0.3) is 0 Å². The van der Waals surface area contributed by atoms with Crippen LogP contribution in [-0.2, 0) is 22.2 Å². The van der Waals surface area contributed by atoms with Gasteiger partial charge in [0.1, 0.15) is 0 Å². The van der Waals surface area contributed by atoms with Crippen LogP contribution in [0.2, 0.25) is 5.02 Å². The van der Waals surface area contributed by atoms with Crippen molar-refractivity contribution in [1.82, 2.24) is 9.80 Å². The van der Waals surface area contributed by atoms with Gasteiger partial charge in [-0.05, 0) is 49.2 Å². The summed E-state index contributed by atoms with van der Waals surface area (Å²) in [6.45, 7) is 6.26. The van der Waals surface area contributed by atoms with Crippen molar-refractivity contribution in [2.75, 3.05) is 43.4 Å². The van der Waals surface area contributed by atoms with Crippen LogP contribution < -0.4 is 10.6 Å². The molecule has 3 rings (SSSR count). The fraction of sp³-hybridized carbons (Fsp3) is 0.417. The van der Waals surface area contributed by atoms with Crippen molar-refractivity contribution in [2.45, 2.75) is 32.5 Å². The zero-order valence-corrected chi connectivity index (χ0v) is 19.8. The highest BCUT2D eigenvalue weighted by atomic mass is 35.5. The number of halogens is 4. The maximum atomic E-state index is 13.0. The van der Waals surface area contributed by atoms with E-state index < -0.39 is 22.7 Å². The van der Waals surface area contributed by atoms with Crippen LogP contribution in [-0.4, -0.2) is 60.4 Å². The summed E-state index contributed by atoms with van der Waals surface area (Å²) in [6.07, 6.45) is -3.67. The first-order valence-electron chi connectivity index (χ1n) is 11.1. The lowest BCUT2D eigenvalue weighted by Gasteiger charge is -2.37. The predicted octanol–water partition coefficient (Wildman–Crippen LogP) is 4.50. The third kappa shape index (κ3) is 6.94. The summed E-state index contributed by atoms with van der Waals surface area (Å²) in [4.78, 5) is 28.9. The fourth-order valence-electron chi connectivity index (χ4n) is 3.77. The summed E-state index contributed by atoms with van der Waals surface area (Å²) in [6, 6.07) is 10.7. The number of aryl methyl sites for hydroxylation is 1. The van der Waals surface area contributed by atoms with Crippen molar-refractivity contribution in [3.63, 3.8) is 0 Å². The van der Waals surface area contributed by atoms with Gasteiger partial charge in [-0.2, -0.15) is 13.2 Å². The molecule has 34 heavy (non-hydrogen) atoms. The Balaban J connectivity index is 1.47. The number of carbonyl (C=O) groups is 2. The summed E-state index contributed by atoms with van der Waals surface area (Å²) in [5, 5.41) is 5.01. The first kappa shape index (κ1) is 26.0. The Bertz CT molecular complexity index is 1010. The van der Waals surface area contributed by atoms with Gasteiger partial charge in [-0.1, -0.05) is 30.7 Å². The van der Waals surface area contributed by atoms with E-state index in [1.807, 2.05) is 41.0 Å². The topological polar surface area (TPSA) is 64.7 Å². The second-order valence-electron chi connectivity index (χ2n) is 8.27. The zero-order chi connectivity index (χ0) is 24.9. The minimum absolute atomic E-state index is 0.0395. The minimum atomic E-state index is -4.60. The lowest BCUT2D eigenvalue weighted by atomic mass is 10.1. The maximum absolute atomic E-state index is 13.0. The third-order valence-corrected chi connectivity index (χ3v) is 6.22. The van der Waals surface area contributed by atoms with E-state index in [0.717, 1.165) is 24.2 Å². The molecule has 0 spiro atoms. The standard InChI is InChI=1S/C24H28ClF3N4O2/c1-3-17-4-6-18(7-5-17)30-23(34)16(2)32-12-10-31(11-13-32)15-22(33)29-19-8-9-21(25)20(14-19)24(26,27)28/h4-9,14,16H,3,10-13,15H2,1-2H3,(H,29,33)(H,30,34). The average Bonchev–Trinajstić information content (AvgIpc) is 2.80. The molecule has 2 amide bonds. The Morgan fingerprint density at radius 2 is 1.62 bits per heavy atom. The van der Waals surface area contributed by atoms with Crippen LogP contribution in [0.4, 0.5) is 24.5 Å². The molecule has 6 nitrogen and oxygen atoms in total. The summed E-state index contributed by atoms with van der Waals surface area (Å²) in [5.74, 6) is -0.510. The third-order valence-electron chi connectivity index (χ3n) is 5.89. The van der Waals surface area contributed by atoms with Gasteiger partial charge >= 0.3 is 6.18 Å². The average molecular weight is 497 g/mol. The molecule has 10 heteroatoms. The maximum Gasteiger partial charge on any atom is 0.417 e. The summed E-state index contributed by atoms with van der Waals surface area (Å²) < 4.78 is 39.0. The van der Waals surface area contributed by atoms with E-state index in [0.29, 0.717) is 26.2 Å². The van der Waals surface area contributed by atoms with Crippen molar-refractivity contribution in [2.24, 2.45) is 0 Å². The SMILES string of the molecule is CCc1ccc(NC(=O)C(C)N2CCN(CC(=O)Nc3ccc(Cl)c(C(F)(F)F)c3)CC2)cc1. The molecule has 1 aliphatic rings. The van der Waals surface area contributed by atoms with Gasteiger partial charge in [-0.3, -0.25) is 19.4 Å². The minimum Gasteiger partial charge on any atom is -0.325 e. The Kier molecular flexibility index (Phi) is 8.57. The van der Waals surface area contributed by atoms with Crippen molar-refractivity contribution < 1.29 is 22.8 Å². The monoisotopic (exact) mass is 496 g/mol. The van der Waals surface area contributed by atoms with Crippen LogP contribution in [0.15, 0.2) is 42.5 Å². The highest BCUT2D eigenvalue weighted by Gasteiger charge is 2.33. The number of hydrogen-bond donors (Lipinski definition) is 2. The molecule has 184 valence electrons. The molecule has 1 heterocycles. The van der Waals surface area contributed by atoms with Crippen LogP contribution in [0, 0.1) is 0 Å². The van der Waals surface area contributed by atoms with Crippen molar-refractivity contribution in [1.29, 1.82) is 0 Å².